The quantitative estimate of drug-likeness (QED) is 0.682. The third kappa shape index (κ3) is 4.21. The number of amides is 2. The Hall–Kier alpha value is -1.59. The van der Waals surface area contributed by atoms with Crippen LogP contribution in [0.2, 0.25) is 5.02 Å². The molecule has 1 unspecified atom stereocenters. The molecule has 0 saturated heterocycles. The third-order valence-electron chi connectivity index (χ3n) is 5.81. The van der Waals surface area contributed by atoms with Crippen LogP contribution in [0.3, 0.4) is 0 Å². The van der Waals surface area contributed by atoms with Gasteiger partial charge >= 0.3 is 0 Å². The zero-order valence-corrected chi connectivity index (χ0v) is 15.9. The van der Waals surface area contributed by atoms with Crippen LogP contribution in [0.15, 0.2) is 24.3 Å². The van der Waals surface area contributed by atoms with Crippen molar-refractivity contribution in [2.24, 2.45) is 11.8 Å². The number of nitrogens with one attached hydrogen (secondary N) is 2. The highest BCUT2D eigenvalue weighted by molar-refractivity contribution is 6.30. The first-order chi connectivity index (χ1) is 12.6. The van der Waals surface area contributed by atoms with Crippen LogP contribution < -0.4 is 10.6 Å². The molecule has 6 heteroatoms. The van der Waals surface area contributed by atoms with Gasteiger partial charge in [0.15, 0.2) is 0 Å². The van der Waals surface area contributed by atoms with Crippen molar-refractivity contribution in [3.63, 3.8) is 0 Å². The normalized spacial score (nSPS) is 26.8. The first kappa shape index (κ1) is 19.2. The van der Waals surface area contributed by atoms with E-state index in [4.69, 9.17) is 16.3 Å². The van der Waals surface area contributed by atoms with E-state index in [1.54, 1.807) is 7.11 Å². The molecule has 3 rings (SSSR count). The van der Waals surface area contributed by atoms with Gasteiger partial charge in [-0.05, 0) is 49.3 Å². The van der Waals surface area contributed by atoms with Crippen molar-refractivity contribution in [3.8, 4) is 0 Å². The van der Waals surface area contributed by atoms with Gasteiger partial charge in [0.1, 0.15) is 0 Å². The Kier molecular flexibility index (Phi) is 6.20. The maximum absolute atomic E-state index is 12.8. The molecule has 1 aromatic carbocycles. The van der Waals surface area contributed by atoms with E-state index in [2.05, 4.69) is 10.6 Å². The number of hydrogen-bond acceptors (Lipinski definition) is 3. The van der Waals surface area contributed by atoms with Gasteiger partial charge in [-0.15, -0.1) is 0 Å². The van der Waals surface area contributed by atoms with Crippen molar-refractivity contribution < 1.29 is 14.3 Å². The Morgan fingerprint density at radius 3 is 2.73 bits per heavy atom. The van der Waals surface area contributed by atoms with Crippen molar-refractivity contribution in [2.75, 3.05) is 13.7 Å². The van der Waals surface area contributed by atoms with Gasteiger partial charge in [-0.1, -0.05) is 36.6 Å². The number of carbonyl (C=O) groups is 2. The van der Waals surface area contributed by atoms with Gasteiger partial charge in [0, 0.05) is 18.1 Å². The molecular weight excluding hydrogens is 352 g/mol. The Balaban J connectivity index is 1.67. The summed E-state index contributed by atoms with van der Waals surface area (Å²) in [6.07, 6.45) is 6.59. The minimum Gasteiger partial charge on any atom is -0.382 e. The lowest BCUT2D eigenvalue weighted by Gasteiger charge is -2.46. The van der Waals surface area contributed by atoms with E-state index >= 15 is 0 Å². The van der Waals surface area contributed by atoms with Crippen LogP contribution in [-0.2, 0) is 14.3 Å². The molecule has 26 heavy (non-hydrogen) atoms. The highest BCUT2D eigenvalue weighted by atomic mass is 35.5. The van der Waals surface area contributed by atoms with Crippen LogP contribution in [0.25, 0.3) is 0 Å². The molecule has 0 heterocycles. The fourth-order valence-corrected chi connectivity index (χ4v) is 4.68. The highest BCUT2D eigenvalue weighted by Gasteiger charge is 2.48. The van der Waals surface area contributed by atoms with Crippen molar-refractivity contribution in [3.05, 3.63) is 34.9 Å². The summed E-state index contributed by atoms with van der Waals surface area (Å²) >= 11 is 6.17. The molecule has 5 nitrogen and oxygen atoms in total. The maximum Gasteiger partial charge on any atom is 0.223 e. The standard InChI is InChI=1S/C20H27ClN2O3/c1-26-12-20(22-13-24)10-16(11-20)19(25)23-18(14-5-2-3-6-14)15-7-4-8-17(21)9-15/h4,7-9,13-14,16,18H,2-3,5-6,10-12H2,1H3,(H,22,24)(H,23,25). The summed E-state index contributed by atoms with van der Waals surface area (Å²) in [6, 6.07) is 7.79. The van der Waals surface area contributed by atoms with Gasteiger partial charge in [0.05, 0.1) is 18.2 Å². The van der Waals surface area contributed by atoms with Gasteiger partial charge in [-0.2, -0.15) is 0 Å². The molecule has 2 saturated carbocycles. The van der Waals surface area contributed by atoms with Gasteiger partial charge in [-0.3, -0.25) is 9.59 Å². The van der Waals surface area contributed by atoms with Crippen LogP contribution in [0.4, 0.5) is 0 Å². The molecule has 2 aliphatic rings. The van der Waals surface area contributed by atoms with Crippen LogP contribution in [0, 0.1) is 11.8 Å². The molecule has 2 aliphatic carbocycles. The lowest BCUT2D eigenvalue weighted by molar-refractivity contribution is -0.134. The van der Waals surface area contributed by atoms with E-state index in [-0.39, 0.29) is 17.9 Å². The van der Waals surface area contributed by atoms with E-state index in [0.717, 1.165) is 18.4 Å². The first-order valence-corrected chi connectivity index (χ1v) is 9.71. The predicted octanol–water partition coefficient (Wildman–Crippen LogP) is 3.23. The predicted molar refractivity (Wildman–Crippen MR) is 101 cm³/mol. The average Bonchev–Trinajstić information content (AvgIpc) is 3.11. The largest absolute Gasteiger partial charge is 0.382 e. The minimum atomic E-state index is -0.405. The van der Waals surface area contributed by atoms with Gasteiger partial charge < -0.3 is 15.4 Å². The summed E-state index contributed by atoms with van der Waals surface area (Å²) in [5.74, 6) is 0.413. The zero-order chi connectivity index (χ0) is 18.6. The second kappa shape index (κ2) is 8.40. The molecule has 2 amide bonds. The fourth-order valence-electron chi connectivity index (χ4n) is 4.48. The molecule has 2 N–H and O–H groups in total. The number of carbonyl (C=O) groups excluding carboxylic acids is 2. The van der Waals surface area contributed by atoms with E-state index in [1.165, 1.54) is 12.8 Å². The molecule has 2 fully saturated rings. The minimum absolute atomic E-state index is 0.000144. The summed E-state index contributed by atoms with van der Waals surface area (Å²) in [5.41, 5.74) is 0.670. The molecule has 1 atom stereocenters. The molecule has 1 aromatic rings. The van der Waals surface area contributed by atoms with E-state index in [0.29, 0.717) is 36.8 Å². The molecular formula is C20H27ClN2O3. The lowest BCUT2D eigenvalue weighted by atomic mass is 9.68. The van der Waals surface area contributed by atoms with Crippen LogP contribution in [0.1, 0.15) is 50.1 Å². The fraction of sp³-hybridized carbons (Fsp3) is 0.600. The first-order valence-electron chi connectivity index (χ1n) is 9.33. The molecule has 0 aliphatic heterocycles. The van der Waals surface area contributed by atoms with Gasteiger partial charge in [0.25, 0.3) is 0 Å². The topological polar surface area (TPSA) is 67.4 Å². The summed E-state index contributed by atoms with van der Waals surface area (Å²) < 4.78 is 5.21. The summed E-state index contributed by atoms with van der Waals surface area (Å²) in [6.45, 7) is 0.426. The summed E-state index contributed by atoms with van der Waals surface area (Å²) in [7, 11) is 1.61. The smallest absolute Gasteiger partial charge is 0.223 e. The monoisotopic (exact) mass is 378 g/mol. The number of halogens is 1. The van der Waals surface area contributed by atoms with Crippen molar-refractivity contribution in [1.29, 1.82) is 0 Å². The van der Waals surface area contributed by atoms with Crippen LogP contribution in [0.5, 0.6) is 0 Å². The van der Waals surface area contributed by atoms with E-state index in [9.17, 15) is 9.59 Å². The number of rotatable bonds is 8. The average molecular weight is 379 g/mol. The summed E-state index contributed by atoms with van der Waals surface area (Å²) in [5, 5.41) is 6.79. The molecule has 0 spiro atoms. The lowest BCUT2D eigenvalue weighted by Crippen LogP contribution is -2.61. The second-order valence-corrected chi connectivity index (χ2v) is 8.10. The Morgan fingerprint density at radius 2 is 2.12 bits per heavy atom. The molecule has 142 valence electrons. The van der Waals surface area contributed by atoms with E-state index in [1.807, 2.05) is 24.3 Å². The third-order valence-corrected chi connectivity index (χ3v) is 6.04. The van der Waals surface area contributed by atoms with Crippen molar-refractivity contribution in [2.45, 2.75) is 50.1 Å². The highest BCUT2D eigenvalue weighted by Crippen LogP contribution is 2.40. The molecule has 0 aromatic heterocycles. The van der Waals surface area contributed by atoms with Crippen molar-refractivity contribution >= 4 is 23.9 Å². The van der Waals surface area contributed by atoms with E-state index < -0.39 is 5.54 Å². The number of hydrogen-bond donors (Lipinski definition) is 2. The second-order valence-electron chi connectivity index (χ2n) is 7.67. The Labute approximate surface area is 159 Å². The Morgan fingerprint density at radius 1 is 1.38 bits per heavy atom. The molecule has 0 radical (unpaired) electrons. The maximum atomic E-state index is 12.8. The van der Waals surface area contributed by atoms with Gasteiger partial charge in [-0.25, -0.2) is 0 Å². The number of benzene rings is 1. The van der Waals surface area contributed by atoms with Crippen LogP contribution >= 0.6 is 11.6 Å². The molecule has 0 bridgehead atoms. The zero-order valence-electron chi connectivity index (χ0n) is 15.2. The SMILES string of the molecule is COCC1(NC=O)CC(C(=O)NC(c2cccc(Cl)c2)C2CCCC2)C1. The van der Waals surface area contributed by atoms with Crippen LogP contribution in [-0.4, -0.2) is 31.6 Å². The number of methoxy groups -OCH3 is 1. The van der Waals surface area contributed by atoms with Crippen molar-refractivity contribution in [1.82, 2.24) is 10.6 Å². The summed E-state index contributed by atoms with van der Waals surface area (Å²) in [4.78, 5) is 23.7. The Bertz CT molecular complexity index is 640. The number of ether oxygens (including phenoxy) is 1. The van der Waals surface area contributed by atoms with Gasteiger partial charge in [0.2, 0.25) is 12.3 Å².